The normalized spacial score (nSPS) is 10.6. The van der Waals surface area contributed by atoms with Crippen LogP contribution in [0, 0.1) is 6.92 Å². The van der Waals surface area contributed by atoms with Crippen molar-refractivity contribution < 1.29 is 18.7 Å². The van der Waals surface area contributed by atoms with Gasteiger partial charge in [-0.1, -0.05) is 35.9 Å². The number of nitrogens with one attached hydrogen (secondary N) is 2. The summed E-state index contributed by atoms with van der Waals surface area (Å²) in [4.78, 5) is 29.9. The molecule has 0 atom stereocenters. The second-order valence-corrected chi connectivity index (χ2v) is 8.58. The number of hydrogen-bond donors (Lipinski definition) is 2. The summed E-state index contributed by atoms with van der Waals surface area (Å²) in [5, 5.41) is 6.68. The number of nitrogens with zero attached hydrogens (tertiary/aromatic N) is 1. The lowest BCUT2D eigenvalue weighted by Crippen LogP contribution is -2.20. The van der Waals surface area contributed by atoms with Crippen LogP contribution < -0.4 is 15.4 Å². The molecule has 0 fully saturated rings. The molecule has 2 amide bonds. The molecule has 0 radical (unpaired) electrons. The number of aromatic nitrogens is 1. The van der Waals surface area contributed by atoms with Crippen LogP contribution in [0.4, 0.5) is 10.8 Å². The molecular formula is C24H20ClN3O4S. The molecule has 2 N–H and O–H groups in total. The van der Waals surface area contributed by atoms with E-state index in [1.165, 1.54) is 17.6 Å². The van der Waals surface area contributed by atoms with Gasteiger partial charge in [-0.3, -0.25) is 14.9 Å². The molecular weight excluding hydrogens is 462 g/mol. The van der Waals surface area contributed by atoms with Crippen LogP contribution in [0.3, 0.4) is 0 Å². The number of halogens is 1. The lowest BCUT2D eigenvalue weighted by Gasteiger charge is -2.08. The fraction of sp³-hybridized carbons (Fsp3) is 0.125. The summed E-state index contributed by atoms with van der Waals surface area (Å²) in [6, 6.07) is 17.6. The number of furan rings is 1. The van der Waals surface area contributed by atoms with E-state index in [1.54, 1.807) is 36.4 Å². The third-order valence-corrected chi connectivity index (χ3v) is 6.10. The molecule has 0 saturated heterocycles. The van der Waals surface area contributed by atoms with Crippen LogP contribution in [-0.2, 0) is 11.2 Å². The van der Waals surface area contributed by atoms with Crippen LogP contribution >= 0.6 is 22.9 Å². The first-order valence-electron chi connectivity index (χ1n) is 10.1. The van der Waals surface area contributed by atoms with Gasteiger partial charge in [0.15, 0.2) is 17.5 Å². The number of amides is 2. The highest BCUT2D eigenvalue weighted by Gasteiger charge is 2.13. The molecule has 9 heteroatoms. The molecule has 0 saturated carbocycles. The van der Waals surface area contributed by atoms with Crippen molar-refractivity contribution in [3.8, 4) is 5.75 Å². The summed E-state index contributed by atoms with van der Waals surface area (Å²) in [5.74, 6) is -0.0647. The van der Waals surface area contributed by atoms with Gasteiger partial charge in [-0.05, 0) is 42.8 Å². The van der Waals surface area contributed by atoms with Crippen molar-refractivity contribution in [1.29, 1.82) is 0 Å². The van der Waals surface area contributed by atoms with Gasteiger partial charge in [0, 0.05) is 28.1 Å². The largest absolute Gasteiger partial charge is 0.484 e. The topological polar surface area (TPSA) is 93.5 Å². The van der Waals surface area contributed by atoms with Crippen molar-refractivity contribution in [2.45, 2.75) is 13.3 Å². The summed E-state index contributed by atoms with van der Waals surface area (Å²) in [6.07, 6.45) is 2.07. The SMILES string of the molecule is Cc1nc(NC(=O)COc2cccc(NC(=O)c3ccco3)c2)sc1Cc1ccccc1Cl. The minimum Gasteiger partial charge on any atom is -0.484 e. The standard InChI is InChI=1S/C24H20ClN3O4S/c1-15-21(12-16-6-2-3-9-19(16)25)33-24(26-15)28-22(29)14-32-18-8-4-7-17(13-18)27-23(30)20-10-5-11-31-20/h2-11,13H,12,14H2,1H3,(H,27,30)(H,26,28,29). The Bertz CT molecular complexity index is 1270. The lowest BCUT2D eigenvalue weighted by atomic mass is 10.1. The van der Waals surface area contributed by atoms with E-state index in [0.717, 1.165) is 16.1 Å². The number of ether oxygens (including phenoxy) is 1. The van der Waals surface area contributed by atoms with Crippen LogP contribution in [-0.4, -0.2) is 23.4 Å². The van der Waals surface area contributed by atoms with Crippen molar-refractivity contribution in [2.75, 3.05) is 17.2 Å². The highest BCUT2D eigenvalue weighted by Crippen LogP contribution is 2.27. The number of rotatable bonds is 8. The molecule has 2 heterocycles. The van der Waals surface area contributed by atoms with Gasteiger partial charge in [-0.25, -0.2) is 4.98 Å². The molecule has 2 aromatic heterocycles. The third-order valence-electron chi connectivity index (χ3n) is 4.65. The van der Waals surface area contributed by atoms with E-state index in [2.05, 4.69) is 15.6 Å². The quantitative estimate of drug-likeness (QED) is 0.343. The van der Waals surface area contributed by atoms with E-state index < -0.39 is 0 Å². The Labute approximate surface area is 199 Å². The predicted octanol–water partition coefficient (Wildman–Crippen LogP) is 5.56. The van der Waals surface area contributed by atoms with E-state index >= 15 is 0 Å². The fourth-order valence-electron chi connectivity index (χ4n) is 3.03. The Kier molecular flexibility index (Phi) is 7.07. The van der Waals surface area contributed by atoms with Crippen molar-refractivity contribution in [3.63, 3.8) is 0 Å². The van der Waals surface area contributed by atoms with Crippen molar-refractivity contribution in [2.24, 2.45) is 0 Å². The first-order chi connectivity index (χ1) is 16.0. The van der Waals surface area contributed by atoms with Crippen LogP contribution in [0.1, 0.15) is 26.7 Å². The minimum atomic E-state index is -0.373. The smallest absolute Gasteiger partial charge is 0.291 e. The number of carbonyl (C=O) groups is 2. The molecule has 0 spiro atoms. The zero-order chi connectivity index (χ0) is 23.2. The monoisotopic (exact) mass is 481 g/mol. The Balaban J connectivity index is 1.32. The molecule has 2 aromatic carbocycles. The number of hydrogen-bond acceptors (Lipinski definition) is 6. The Morgan fingerprint density at radius 3 is 2.73 bits per heavy atom. The number of anilines is 2. The van der Waals surface area contributed by atoms with Gasteiger partial charge in [0.25, 0.3) is 11.8 Å². The maximum atomic E-state index is 12.4. The molecule has 7 nitrogen and oxygen atoms in total. The van der Waals surface area contributed by atoms with E-state index in [1.807, 2.05) is 31.2 Å². The summed E-state index contributed by atoms with van der Waals surface area (Å²) in [7, 11) is 0. The molecule has 33 heavy (non-hydrogen) atoms. The highest BCUT2D eigenvalue weighted by atomic mass is 35.5. The molecule has 0 unspecified atom stereocenters. The maximum Gasteiger partial charge on any atom is 0.291 e. The number of aryl methyl sites for hydroxylation is 1. The second kappa shape index (κ2) is 10.3. The van der Waals surface area contributed by atoms with Gasteiger partial charge >= 0.3 is 0 Å². The zero-order valence-electron chi connectivity index (χ0n) is 17.6. The Morgan fingerprint density at radius 1 is 1.09 bits per heavy atom. The van der Waals surface area contributed by atoms with Gasteiger partial charge in [-0.15, -0.1) is 11.3 Å². The van der Waals surface area contributed by atoms with Crippen molar-refractivity contribution >= 4 is 45.6 Å². The summed E-state index contributed by atoms with van der Waals surface area (Å²) in [6.45, 7) is 1.70. The molecule has 4 rings (SSSR count). The fourth-order valence-corrected chi connectivity index (χ4v) is 4.23. The zero-order valence-corrected chi connectivity index (χ0v) is 19.2. The van der Waals surface area contributed by atoms with Gasteiger partial charge in [-0.2, -0.15) is 0 Å². The average Bonchev–Trinajstić information content (AvgIpc) is 3.45. The Morgan fingerprint density at radius 2 is 1.94 bits per heavy atom. The summed E-state index contributed by atoms with van der Waals surface area (Å²) in [5.41, 5.74) is 2.37. The molecule has 0 aliphatic carbocycles. The first kappa shape index (κ1) is 22.6. The van der Waals surface area contributed by atoms with E-state index in [4.69, 9.17) is 20.8 Å². The molecule has 168 valence electrons. The Hall–Kier alpha value is -3.62. The first-order valence-corrected chi connectivity index (χ1v) is 11.2. The van der Waals surface area contributed by atoms with Gasteiger partial charge < -0.3 is 14.5 Å². The van der Waals surface area contributed by atoms with E-state index in [-0.39, 0.29) is 24.2 Å². The molecule has 0 bridgehead atoms. The van der Waals surface area contributed by atoms with Crippen LogP contribution in [0.2, 0.25) is 5.02 Å². The predicted molar refractivity (Wildman–Crippen MR) is 128 cm³/mol. The van der Waals surface area contributed by atoms with E-state index in [9.17, 15) is 9.59 Å². The molecule has 4 aromatic rings. The van der Waals surface area contributed by atoms with Crippen LogP contribution in [0.25, 0.3) is 0 Å². The number of benzene rings is 2. The lowest BCUT2D eigenvalue weighted by molar-refractivity contribution is -0.118. The number of thiazole rings is 1. The van der Waals surface area contributed by atoms with Gasteiger partial charge in [0.05, 0.1) is 12.0 Å². The van der Waals surface area contributed by atoms with Crippen molar-refractivity contribution in [1.82, 2.24) is 4.98 Å². The maximum absolute atomic E-state index is 12.4. The summed E-state index contributed by atoms with van der Waals surface area (Å²) >= 11 is 7.66. The summed E-state index contributed by atoms with van der Waals surface area (Å²) < 4.78 is 10.6. The minimum absolute atomic E-state index is 0.200. The average molecular weight is 482 g/mol. The molecule has 0 aliphatic heterocycles. The molecule has 0 aliphatic rings. The number of carbonyl (C=O) groups excluding carboxylic acids is 2. The van der Waals surface area contributed by atoms with Gasteiger partial charge in [0.1, 0.15) is 5.75 Å². The third kappa shape index (κ3) is 6.00. The van der Waals surface area contributed by atoms with Crippen LogP contribution in [0.15, 0.2) is 71.3 Å². The second-order valence-electron chi connectivity index (χ2n) is 7.09. The van der Waals surface area contributed by atoms with E-state index in [0.29, 0.717) is 28.0 Å². The van der Waals surface area contributed by atoms with Crippen molar-refractivity contribution in [3.05, 3.63) is 93.8 Å². The van der Waals surface area contributed by atoms with Crippen LogP contribution in [0.5, 0.6) is 5.75 Å². The van der Waals surface area contributed by atoms with Gasteiger partial charge in [0.2, 0.25) is 0 Å². The highest BCUT2D eigenvalue weighted by molar-refractivity contribution is 7.15.